The van der Waals surface area contributed by atoms with Gasteiger partial charge in [-0.05, 0) is 59.4 Å². The van der Waals surface area contributed by atoms with Crippen LogP contribution in [0.5, 0.6) is 0 Å². The summed E-state index contributed by atoms with van der Waals surface area (Å²) in [7, 11) is 0. The van der Waals surface area contributed by atoms with Crippen LogP contribution in [0.3, 0.4) is 0 Å². The zero-order chi connectivity index (χ0) is 15.0. The van der Waals surface area contributed by atoms with E-state index >= 15 is 0 Å². The van der Waals surface area contributed by atoms with Gasteiger partial charge in [-0.3, -0.25) is 0 Å². The van der Waals surface area contributed by atoms with Gasteiger partial charge in [0.1, 0.15) is 0 Å². The molecule has 0 unspecified atom stereocenters. The molecule has 0 bridgehead atoms. The lowest BCUT2D eigenvalue weighted by atomic mass is 9.73. The summed E-state index contributed by atoms with van der Waals surface area (Å²) in [5.41, 5.74) is 5.05. The molecule has 106 valence electrons. The molecule has 0 aliphatic heterocycles. The second kappa shape index (κ2) is 5.47. The minimum atomic E-state index is -0.108. The second-order valence-electron chi connectivity index (χ2n) is 5.45. The van der Waals surface area contributed by atoms with E-state index < -0.39 is 0 Å². The fourth-order valence-electron chi connectivity index (χ4n) is 3.46. The smallest absolute Gasteiger partial charge is 0.0409 e. The molecule has 0 spiro atoms. The van der Waals surface area contributed by atoms with Crippen LogP contribution in [0.25, 0.3) is 11.1 Å². The van der Waals surface area contributed by atoms with Crippen LogP contribution in [0.2, 0.25) is 5.02 Å². The van der Waals surface area contributed by atoms with E-state index in [1.807, 2.05) is 18.2 Å². The average Bonchev–Trinajstić information content (AvgIpc) is 2.70. The molecule has 2 heteroatoms. The first-order chi connectivity index (χ1) is 10.1. The largest absolute Gasteiger partial charge is 0.103 e. The summed E-state index contributed by atoms with van der Waals surface area (Å²) < 4.78 is 1.10. The van der Waals surface area contributed by atoms with E-state index in [1.165, 1.54) is 22.3 Å². The van der Waals surface area contributed by atoms with Crippen LogP contribution in [-0.4, -0.2) is 0 Å². The van der Waals surface area contributed by atoms with Crippen LogP contribution in [0, 0.1) is 0 Å². The van der Waals surface area contributed by atoms with E-state index in [0.717, 1.165) is 22.3 Å². The maximum absolute atomic E-state index is 6.26. The molecule has 0 N–H and O–H groups in total. The Balaban J connectivity index is 2.37. The van der Waals surface area contributed by atoms with Crippen LogP contribution in [0.4, 0.5) is 0 Å². The maximum Gasteiger partial charge on any atom is 0.0409 e. The van der Waals surface area contributed by atoms with Gasteiger partial charge in [-0.15, -0.1) is 13.2 Å². The highest BCUT2D eigenvalue weighted by molar-refractivity contribution is 9.10. The highest BCUT2D eigenvalue weighted by Gasteiger charge is 2.41. The van der Waals surface area contributed by atoms with E-state index in [-0.39, 0.29) is 5.41 Å². The molecule has 1 aliphatic rings. The van der Waals surface area contributed by atoms with Crippen molar-refractivity contribution >= 4 is 27.5 Å². The van der Waals surface area contributed by atoms with Crippen molar-refractivity contribution in [3.8, 4) is 11.1 Å². The third-order valence-corrected chi connectivity index (χ3v) is 5.00. The van der Waals surface area contributed by atoms with Crippen molar-refractivity contribution in [2.45, 2.75) is 18.3 Å². The molecule has 0 fully saturated rings. The lowest BCUT2D eigenvalue weighted by molar-refractivity contribution is 0.543. The van der Waals surface area contributed by atoms with Crippen LogP contribution in [0.15, 0.2) is 66.2 Å². The lowest BCUT2D eigenvalue weighted by Crippen LogP contribution is -2.23. The fourth-order valence-corrected chi connectivity index (χ4v) is 3.99. The van der Waals surface area contributed by atoms with Crippen LogP contribution in [0.1, 0.15) is 24.0 Å². The molecule has 0 nitrogen and oxygen atoms in total. The first-order valence-electron chi connectivity index (χ1n) is 6.94. The molecule has 0 saturated heterocycles. The summed E-state index contributed by atoms with van der Waals surface area (Å²) >= 11 is 9.86. The van der Waals surface area contributed by atoms with Crippen molar-refractivity contribution < 1.29 is 0 Å². The lowest BCUT2D eigenvalue weighted by Gasteiger charge is -2.30. The van der Waals surface area contributed by atoms with Gasteiger partial charge < -0.3 is 0 Å². The first-order valence-corrected chi connectivity index (χ1v) is 8.12. The van der Waals surface area contributed by atoms with E-state index in [9.17, 15) is 0 Å². The normalized spacial score (nSPS) is 14.4. The van der Waals surface area contributed by atoms with Crippen molar-refractivity contribution in [3.05, 3.63) is 82.3 Å². The second-order valence-corrected chi connectivity index (χ2v) is 6.80. The topological polar surface area (TPSA) is 0 Å². The van der Waals surface area contributed by atoms with Crippen LogP contribution in [-0.2, 0) is 5.41 Å². The zero-order valence-electron chi connectivity index (χ0n) is 11.7. The van der Waals surface area contributed by atoms with Gasteiger partial charge in [0.05, 0.1) is 0 Å². The Kier molecular flexibility index (Phi) is 3.81. The summed E-state index contributed by atoms with van der Waals surface area (Å²) in [6.45, 7) is 7.93. The van der Waals surface area contributed by atoms with E-state index in [0.29, 0.717) is 0 Å². The van der Waals surface area contributed by atoms with Crippen LogP contribution >= 0.6 is 27.5 Å². The van der Waals surface area contributed by atoms with Gasteiger partial charge in [0.15, 0.2) is 0 Å². The Bertz CT molecular complexity index is 667. The van der Waals surface area contributed by atoms with Gasteiger partial charge in [-0.1, -0.05) is 51.8 Å². The SMILES string of the molecule is C=CCC1(CC=C)c2cc(Cl)ccc2-c2ccc(Br)cc21. The summed E-state index contributed by atoms with van der Waals surface area (Å²) in [5.74, 6) is 0. The maximum atomic E-state index is 6.26. The molecule has 2 aromatic carbocycles. The standard InChI is InChI=1S/C19H16BrCl/c1-3-9-19(10-4-2)17-11-13(20)5-7-15(17)16-8-6-14(21)12-18(16)19/h3-8,11-12H,1-2,9-10H2. The Morgan fingerprint density at radius 3 is 2.14 bits per heavy atom. The Hall–Kier alpha value is -1.31. The molecule has 0 heterocycles. The van der Waals surface area contributed by atoms with Crippen molar-refractivity contribution in [3.63, 3.8) is 0 Å². The van der Waals surface area contributed by atoms with Crippen molar-refractivity contribution in [1.29, 1.82) is 0 Å². The summed E-state index contributed by atoms with van der Waals surface area (Å²) in [5, 5.41) is 0.776. The molecule has 0 atom stereocenters. The monoisotopic (exact) mass is 358 g/mol. The summed E-state index contributed by atoms with van der Waals surface area (Å²) in [6.07, 6.45) is 5.72. The van der Waals surface area contributed by atoms with Gasteiger partial charge >= 0.3 is 0 Å². The van der Waals surface area contributed by atoms with Gasteiger partial charge in [0.25, 0.3) is 0 Å². The third kappa shape index (κ3) is 2.20. The molecule has 0 saturated carbocycles. The number of hydrogen-bond donors (Lipinski definition) is 0. The summed E-state index contributed by atoms with van der Waals surface area (Å²) in [4.78, 5) is 0. The molecule has 0 aromatic heterocycles. The quantitative estimate of drug-likeness (QED) is 0.545. The van der Waals surface area contributed by atoms with Crippen molar-refractivity contribution in [2.24, 2.45) is 0 Å². The number of halogens is 2. The van der Waals surface area contributed by atoms with Gasteiger partial charge in [0, 0.05) is 14.9 Å². The average molecular weight is 360 g/mol. The van der Waals surface area contributed by atoms with E-state index in [4.69, 9.17) is 11.6 Å². The van der Waals surface area contributed by atoms with E-state index in [1.54, 1.807) is 0 Å². The number of rotatable bonds is 4. The number of fused-ring (bicyclic) bond motifs is 3. The van der Waals surface area contributed by atoms with Gasteiger partial charge in [-0.2, -0.15) is 0 Å². The molecule has 2 aromatic rings. The third-order valence-electron chi connectivity index (χ3n) is 4.27. The number of hydrogen-bond acceptors (Lipinski definition) is 0. The van der Waals surface area contributed by atoms with Gasteiger partial charge in [0.2, 0.25) is 0 Å². The first kappa shape index (κ1) is 14.6. The predicted octanol–water partition coefficient (Wildman–Crippen LogP) is 6.52. The van der Waals surface area contributed by atoms with Crippen molar-refractivity contribution in [2.75, 3.05) is 0 Å². The number of benzene rings is 2. The van der Waals surface area contributed by atoms with E-state index in [2.05, 4.69) is 59.4 Å². The van der Waals surface area contributed by atoms with Gasteiger partial charge in [-0.25, -0.2) is 0 Å². The zero-order valence-corrected chi connectivity index (χ0v) is 14.0. The molecular weight excluding hydrogens is 344 g/mol. The highest BCUT2D eigenvalue weighted by atomic mass is 79.9. The molecule has 1 aliphatic carbocycles. The minimum Gasteiger partial charge on any atom is -0.103 e. The number of allylic oxidation sites excluding steroid dienone is 2. The Labute approximate surface area is 139 Å². The molecule has 3 rings (SSSR count). The Morgan fingerprint density at radius 1 is 0.952 bits per heavy atom. The predicted molar refractivity (Wildman–Crippen MR) is 95.0 cm³/mol. The highest BCUT2D eigenvalue weighted by Crippen LogP contribution is 2.54. The van der Waals surface area contributed by atoms with Crippen molar-refractivity contribution in [1.82, 2.24) is 0 Å². The molecule has 21 heavy (non-hydrogen) atoms. The molecule has 0 radical (unpaired) electrons. The minimum absolute atomic E-state index is 0.108. The fraction of sp³-hybridized carbons (Fsp3) is 0.158. The van der Waals surface area contributed by atoms with Crippen LogP contribution < -0.4 is 0 Å². The Morgan fingerprint density at radius 2 is 1.52 bits per heavy atom. The summed E-state index contributed by atoms with van der Waals surface area (Å²) in [6, 6.07) is 12.7. The molecular formula is C19H16BrCl. The molecule has 0 amide bonds.